The van der Waals surface area contributed by atoms with E-state index >= 15 is 0 Å². The predicted molar refractivity (Wildman–Crippen MR) is 47.8 cm³/mol. The van der Waals surface area contributed by atoms with Gasteiger partial charge in [0.15, 0.2) is 0 Å². The SMILES string of the molecule is [2H]C([2H])([2H])n1nc(C(F)F)cc1Nc1ncn[nH]1. The highest BCUT2D eigenvalue weighted by Crippen LogP contribution is 2.21. The summed E-state index contributed by atoms with van der Waals surface area (Å²) in [6.45, 7) is -2.67. The van der Waals surface area contributed by atoms with E-state index in [2.05, 4.69) is 25.6 Å². The fraction of sp³-hybridized carbons (Fsp3) is 0.286. The summed E-state index contributed by atoms with van der Waals surface area (Å²) >= 11 is 0. The number of rotatable bonds is 3. The van der Waals surface area contributed by atoms with Gasteiger partial charge in [0.2, 0.25) is 5.95 Å². The Balaban J connectivity index is 2.38. The second-order valence-corrected chi connectivity index (χ2v) is 2.63. The fourth-order valence-electron chi connectivity index (χ4n) is 0.982. The molecule has 8 heteroatoms. The van der Waals surface area contributed by atoms with Gasteiger partial charge in [-0.3, -0.25) is 4.68 Å². The van der Waals surface area contributed by atoms with E-state index in [9.17, 15) is 8.78 Å². The summed E-state index contributed by atoms with van der Waals surface area (Å²) in [4.78, 5) is 3.70. The Bertz CT molecular complexity index is 520. The maximum Gasteiger partial charge on any atom is 0.282 e. The normalized spacial score (nSPS) is 14.7. The van der Waals surface area contributed by atoms with Crippen LogP contribution in [0.4, 0.5) is 20.5 Å². The number of aryl methyl sites for hydroxylation is 1. The lowest BCUT2D eigenvalue weighted by atomic mass is 10.4. The van der Waals surface area contributed by atoms with E-state index in [0.29, 0.717) is 4.68 Å². The van der Waals surface area contributed by atoms with Crippen LogP contribution in [-0.2, 0) is 6.98 Å². The molecule has 80 valence electrons. The molecule has 0 aliphatic rings. The van der Waals surface area contributed by atoms with E-state index in [0.717, 1.165) is 6.07 Å². The number of halogens is 2. The van der Waals surface area contributed by atoms with Crippen molar-refractivity contribution < 1.29 is 12.9 Å². The number of hydrogen-bond donors (Lipinski definition) is 2. The zero-order chi connectivity index (χ0) is 13.3. The van der Waals surface area contributed by atoms with Crippen LogP contribution in [0.5, 0.6) is 0 Å². The van der Waals surface area contributed by atoms with Gasteiger partial charge in [-0.05, 0) is 0 Å². The van der Waals surface area contributed by atoms with Gasteiger partial charge in [-0.25, -0.2) is 13.9 Å². The average Bonchev–Trinajstić information content (AvgIpc) is 2.85. The summed E-state index contributed by atoms with van der Waals surface area (Å²) in [6, 6.07) is 0.944. The Kier molecular flexibility index (Phi) is 1.57. The van der Waals surface area contributed by atoms with Crippen molar-refractivity contribution in [3.8, 4) is 0 Å². The Hall–Kier alpha value is -1.99. The van der Waals surface area contributed by atoms with Crippen molar-refractivity contribution in [2.75, 3.05) is 5.32 Å². The van der Waals surface area contributed by atoms with Crippen molar-refractivity contribution in [2.24, 2.45) is 6.98 Å². The number of H-pyrrole nitrogens is 1. The van der Waals surface area contributed by atoms with Crippen LogP contribution in [0.15, 0.2) is 12.4 Å². The van der Waals surface area contributed by atoms with E-state index in [4.69, 9.17) is 4.11 Å². The predicted octanol–water partition coefficient (Wildman–Crippen LogP) is 1.22. The van der Waals surface area contributed by atoms with Crippen LogP contribution in [0.3, 0.4) is 0 Å². The van der Waals surface area contributed by atoms with Crippen molar-refractivity contribution in [2.45, 2.75) is 6.43 Å². The van der Waals surface area contributed by atoms with Gasteiger partial charge in [0.05, 0.1) is 0 Å². The quantitative estimate of drug-likeness (QED) is 0.810. The molecule has 0 amide bonds. The van der Waals surface area contributed by atoms with Crippen LogP contribution in [0.25, 0.3) is 0 Å². The molecule has 0 aliphatic heterocycles. The minimum Gasteiger partial charge on any atom is -0.309 e. The molecule has 2 heterocycles. The Labute approximate surface area is 87.5 Å². The summed E-state index contributed by atoms with van der Waals surface area (Å²) in [5.41, 5.74) is -0.631. The molecule has 0 radical (unpaired) electrons. The monoisotopic (exact) mass is 217 g/mol. The number of aromatic amines is 1. The maximum absolute atomic E-state index is 12.5. The van der Waals surface area contributed by atoms with Gasteiger partial charge in [0, 0.05) is 17.2 Å². The van der Waals surface area contributed by atoms with E-state index < -0.39 is 19.1 Å². The molecule has 2 aromatic heterocycles. The van der Waals surface area contributed by atoms with Crippen molar-refractivity contribution in [3.63, 3.8) is 0 Å². The van der Waals surface area contributed by atoms with Crippen LogP contribution < -0.4 is 5.32 Å². The molecule has 2 rings (SSSR count). The molecule has 0 unspecified atom stereocenters. The van der Waals surface area contributed by atoms with Crippen molar-refractivity contribution >= 4 is 11.8 Å². The highest BCUT2D eigenvalue weighted by atomic mass is 19.3. The molecule has 6 nitrogen and oxygen atoms in total. The molecule has 0 saturated heterocycles. The molecule has 0 atom stereocenters. The van der Waals surface area contributed by atoms with Gasteiger partial charge in [0.25, 0.3) is 6.43 Å². The lowest BCUT2D eigenvalue weighted by Crippen LogP contribution is -2.00. The fourth-order valence-corrected chi connectivity index (χ4v) is 0.982. The average molecular weight is 217 g/mol. The molecule has 2 aromatic rings. The molecule has 0 saturated carbocycles. The number of nitrogens with zero attached hydrogens (tertiary/aromatic N) is 4. The largest absolute Gasteiger partial charge is 0.309 e. The molecule has 15 heavy (non-hydrogen) atoms. The molecule has 2 N–H and O–H groups in total. The zero-order valence-electron chi connectivity index (χ0n) is 10.3. The summed E-state index contributed by atoms with van der Waals surface area (Å²) < 4.78 is 47.1. The van der Waals surface area contributed by atoms with Crippen LogP contribution in [0, 0.1) is 0 Å². The first-order valence-corrected chi connectivity index (χ1v) is 3.89. The Morgan fingerprint density at radius 1 is 1.67 bits per heavy atom. The lowest BCUT2D eigenvalue weighted by molar-refractivity contribution is 0.145. The zero-order valence-corrected chi connectivity index (χ0v) is 7.28. The topological polar surface area (TPSA) is 71.4 Å². The van der Waals surface area contributed by atoms with Gasteiger partial charge >= 0.3 is 0 Å². The standard InChI is InChI=1S/C7H8F2N6/c1-15-5(2-4(14-15)6(8)9)12-7-10-3-11-13-7/h2-3,6H,1H3,(H2,10,11,12,13)/i1D3. The Morgan fingerprint density at radius 2 is 2.53 bits per heavy atom. The Morgan fingerprint density at radius 3 is 3.13 bits per heavy atom. The summed E-state index contributed by atoms with van der Waals surface area (Å²) in [7, 11) is 0. The van der Waals surface area contributed by atoms with Gasteiger partial charge in [-0.2, -0.15) is 15.2 Å². The smallest absolute Gasteiger partial charge is 0.282 e. The third-order valence-corrected chi connectivity index (χ3v) is 1.61. The molecular weight excluding hydrogens is 206 g/mol. The minimum absolute atomic E-state index is 0.123. The first kappa shape index (κ1) is 6.49. The van der Waals surface area contributed by atoms with Gasteiger partial charge in [0.1, 0.15) is 17.8 Å². The van der Waals surface area contributed by atoms with Crippen LogP contribution in [-0.4, -0.2) is 25.0 Å². The van der Waals surface area contributed by atoms with E-state index in [1.54, 1.807) is 0 Å². The second-order valence-electron chi connectivity index (χ2n) is 2.63. The van der Waals surface area contributed by atoms with Gasteiger partial charge < -0.3 is 5.32 Å². The van der Waals surface area contributed by atoms with Crippen molar-refractivity contribution in [1.82, 2.24) is 25.0 Å². The van der Waals surface area contributed by atoms with Gasteiger partial charge in [-0.15, -0.1) is 0 Å². The molecule has 0 aliphatic carbocycles. The first-order valence-electron chi connectivity index (χ1n) is 5.39. The highest BCUT2D eigenvalue weighted by Gasteiger charge is 2.14. The van der Waals surface area contributed by atoms with Crippen molar-refractivity contribution in [1.29, 1.82) is 0 Å². The third kappa shape index (κ3) is 1.92. The first-order chi connectivity index (χ1) is 8.38. The van der Waals surface area contributed by atoms with E-state index in [-0.39, 0.29) is 11.8 Å². The molecule has 0 bridgehead atoms. The maximum atomic E-state index is 12.5. The molecule has 0 aromatic carbocycles. The lowest BCUT2D eigenvalue weighted by Gasteiger charge is -2.00. The van der Waals surface area contributed by atoms with Crippen LogP contribution >= 0.6 is 0 Å². The third-order valence-electron chi connectivity index (χ3n) is 1.61. The van der Waals surface area contributed by atoms with E-state index in [1.807, 2.05) is 0 Å². The molecule has 0 spiro atoms. The number of hydrogen-bond acceptors (Lipinski definition) is 4. The summed E-state index contributed by atoms with van der Waals surface area (Å²) in [6.07, 6.45) is -1.67. The highest BCUT2D eigenvalue weighted by molar-refractivity contribution is 5.48. The van der Waals surface area contributed by atoms with Gasteiger partial charge in [-0.1, -0.05) is 0 Å². The van der Waals surface area contributed by atoms with Crippen LogP contribution in [0.2, 0.25) is 0 Å². The summed E-state index contributed by atoms with van der Waals surface area (Å²) in [5.74, 6) is 0.00302. The van der Waals surface area contributed by atoms with Crippen LogP contribution in [0.1, 0.15) is 16.2 Å². The van der Waals surface area contributed by atoms with Crippen molar-refractivity contribution in [3.05, 3.63) is 18.1 Å². The molecule has 0 fully saturated rings. The minimum atomic E-state index is -2.86. The number of alkyl halides is 2. The number of aromatic nitrogens is 5. The van der Waals surface area contributed by atoms with E-state index in [1.165, 1.54) is 6.33 Å². The number of anilines is 2. The summed E-state index contributed by atoms with van der Waals surface area (Å²) in [5, 5.41) is 11.8. The number of nitrogens with one attached hydrogen (secondary N) is 2. The second kappa shape index (κ2) is 3.64. The molecular formula is C7H8F2N6.